The molecule has 0 aromatic heterocycles. The van der Waals surface area contributed by atoms with Crippen LogP contribution in [0.2, 0.25) is 0 Å². The van der Waals surface area contributed by atoms with Crippen molar-refractivity contribution in [2.45, 2.75) is 40.0 Å². The van der Waals surface area contributed by atoms with Crippen LogP contribution in [0.4, 0.5) is 0 Å². The Bertz CT molecular complexity index is 114. The maximum absolute atomic E-state index is 5.59. The molecule has 0 bridgehead atoms. The second-order valence-electron chi connectivity index (χ2n) is 3.83. The molecular formula is C10H21N. The second-order valence-corrected chi connectivity index (χ2v) is 3.83. The van der Waals surface area contributed by atoms with Crippen molar-refractivity contribution in [1.82, 2.24) is 0 Å². The average molecular weight is 155 g/mol. The molecule has 0 atom stereocenters. The van der Waals surface area contributed by atoms with Crippen molar-refractivity contribution in [2.24, 2.45) is 11.1 Å². The van der Waals surface area contributed by atoms with Gasteiger partial charge >= 0.3 is 0 Å². The van der Waals surface area contributed by atoms with E-state index >= 15 is 0 Å². The van der Waals surface area contributed by atoms with Gasteiger partial charge in [0, 0.05) is 0 Å². The average Bonchev–Trinajstić information content (AvgIpc) is 1.99. The van der Waals surface area contributed by atoms with E-state index in [2.05, 4.69) is 32.9 Å². The minimum atomic E-state index is 0.282. The van der Waals surface area contributed by atoms with E-state index < -0.39 is 0 Å². The summed E-state index contributed by atoms with van der Waals surface area (Å²) in [6.07, 6.45) is 8.03. The summed E-state index contributed by atoms with van der Waals surface area (Å²) in [6, 6.07) is 0. The predicted octanol–water partition coefficient (Wildman–Crippen LogP) is 2.72. The first-order valence-corrected chi connectivity index (χ1v) is 4.47. The summed E-state index contributed by atoms with van der Waals surface area (Å²) in [7, 11) is 0. The highest BCUT2D eigenvalue weighted by Gasteiger charge is 2.11. The first-order valence-electron chi connectivity index (χ1n) is 4.47. The Balaban J connectivity index is 3.51. The molecular weight excluding hydrogens is 134 g/mol. The third kappa shape index (κ3) is 6.11. The monoisotopic (exact) mass is 155 g/mol. The fraction of sp³-hybridized carbons (Fsp3) is 0.800. The summed E-state index contributed by atoms with van der Waals surface area (Å²) < 4.78 is 0. The van der Waals surface area contributed by atoms with E-state index in [4.69, 9.17) is 5.73 Å². The van der Waals surface area contributed by atoms with Crippen LogP contribution in [0.1, 0.15) is 40.0 Å². The minimum Gasteiger partial charge on any atom is -0.330 e. The highest BCUT2D eigenvalue weighted by atomic mass is 14.6. The molecule has 66 valence electrons. The fourth-order valence-corrected chi connectivity index (χ4v) is 0.770. The lowest BCUT2D eigenvalue weighted by Gasteiger charge is -2.19. The van der Waals surface area contributed by atoms with Crippen LogP contribution in [0.5, 0.6) is 0 Å². The fourth-order valence-electron chi connectivity index (χ4n) is 0.770. The van der Waals surface area contributed by atoms with Gasteiger partial charge in [0.2, 0.25) is 0 Å². The number of rotatable bonds is 5. The number of hydrogen-bond donors (Lipinski definition) is 1. The summed E-state index contributed by atoms with van der Waals surface area (Å²) in [4.78, 5) is 0. The molecule has 0 radical (unpaired) electrons. The van der Waals surface area contributed by atoms with Crippen LogP contribution >= 0.6 is 0 Å². The summed E-state index contributed by atoms with van der Waals surface area (Å²) >= 11 is 0. The zero-order valence-corrected chi connectivity index (χ0v) is 8.06. The third-order valence-corrected chi connectivity index (χ3v) is 1.85. The lowest BCUT2D eigenvalue weighted by atomic mass is 9.89. The molecule has 0 aromatic rings. The van der Waals surface area contributed by atoms with E-state index in [0.29, 0.717) is 0 Å². The molecule has 0 amide bonds. The van der Waals surface area contributed by atoms with Crippen molar-refractivity contribution >= 4 is 0 Å². The Morgan fingerprint density at radius 2 is 1.91 bits per heavy atom. The van der Waals surface area contributed by atoms with E-state index in [1.165, 1.54) is 12.8 Å². The van der Waals surface area contributed by atoms with Gasteiger partial charge in [-0.1, -0.05) is 39.3 Å². The first-order chi connectivity index (χ1) is 5.12. The molecule has 0 fully saturated rings. The highest BCUT2D eigenvalue weighted by Crippen LogP contribution is 2.18. The Morgan fingerprint density at radius 3 is 2.36 bits per heavy atom. The van der Waals surface area contributed by atoms with Gasteiger partial charge in [0.05, 0.1) is 0 Å². The molecule has 0 rings (SSSR count). The molecule has 0 spiro atoms. The summed E-state index contributed by atoms with van der Waals surface area (Å²) in [6.45, 7) is 7.36. The third-order valence-electron chi connectivity index (χ3n) is 1.85. The molecule has 1 heteroatoms. The number of nitrogens with two attached hydrogens (primary N) is 1. The van der Waals surface area contributed by atoms with Crippen LogP contribution in [0.25, 0.3) is 0 Å². The maximum Gasteiger partial charge on any atom is -0.00229 e. The van der Waals surface area contributed by atoms with Gasteiger partial charge in [0.1, 0.15) is 0 Å². The topological polar surface area (TPSA) is 26.0 Å². The Labute approximate surface area is 70.7 Å². The van der Waals surface area contributed by atoms with Crippen LogP contribution in [0.3, 0.4) is 0 Å². The van der Waals surface area contributed by atoms with Crippen LogP contribution in [-0.2, 0) is 0 Å². The van der Waals surface area contributed by atoms with Crippen molar-refractivity contribution in [3.8, 4) is 0 Å². The van der Waals surface area contributed by atoms with Gasteiger partial charge < -0.3 is 5.73 Å². The SMILES string of the molecule is CCC/C=C/CC(C)(C)CN. The van der Waals surface area contributed by atoms with Crippen molar-refractivity contribution in [2.75, 3.05) is 6.54 Å². The maximum atomic E-state index is 5.59. The van der Waals surface area contributed by atoms with Crippen LogP contribution in [0, 0.1) is 5.41 Å². The van der Waals surface area contributed by atoms with Crippen molar-refractivity contribution in [3.63, 3.8) is 0 Å². The molecule has 0 aliphatic heterocycles. The van der Waals surface area contributed by atoms with Crippen LogP contribution in [-0.4, -0.2) is 6.54 Å². The van der Waals surface area contributed by atoms with Crippen molar-refractivity contribution < 1.29 is 0 Å². The summed E-state index contributed by atoms with van der Waals surface area (Å²) in [5.74, 6) is 0. The lowest BCUT2D eigenvalue weighted by molar-refractivity contribution is 0.384. The molecule has 0 saturated heterocycles. The van der Waals surface area contributed by atoms with Gasteiger partial charge in [-0.15, -0.1) is 0 Å². The number of hydrogen-bond acceptors (Lipinski definition) is 1. The standard InChI is InChI=1S/C10H21N/c1-4-5-6-7-8-10(2,3)9-11/h6-7H,4-5,8-9,11H2,1-3H3/b7-6+. The van der Waals surface area contributed by atoms with E-state index in [0.717, 1.165) is 13.0 Å². The molecule has 1 nitrogen and oxygen atoms in total. The second kappa shape index (κ2) is 5.36. The quantitative estimate of drug-likeness (QED) is 0.607. The number of unbranched alkanes of at least 4 members (excludes halogenated alkanes) is 1. The number of allylic oxidation sites excluding steroid dienone is 2. The zero-order valence-electron chi connectivity index (χ0n) is 8.06. The molecule has 11 heavy (non-hydrogen) atoms. The Hall–Kier alpha value is -0.300. The van der Waals surface area contributed by atoms with E-state index in [9.17, 15) is 0 Å². The Morgan fingerprint density at radius 1 is 1.27 bits per heavy atom. The Kier molecular flexibility index (Phi) is 5.22. The van der Waals surface area contributed by atoms with Gasteiger partial charge in [-0.25, -0.2) is 0 Å². The largest absolute Gasteiger partial charge is 0.330 e. The highest BCUT2D eigenvalue weighted by molar-refractivity contribution is 4.87. The van der Waals surface area contributed by atoms with E-state index in [1.807, 2.05) is 0 Å². The smallest absolute Gasteiger partial charge is 0.00229 e. The van der Waals surface area contributed by atoms with Gasteiger partial charge in [-0.2, -0.15) is 0 Å². The predicted molar refractivity (Wildman–Crippen MR) is 51.5 cm³/mol. The lowest BCUT2D eigenvalue weighted by Crippen LogP contribution is -2.22. The van der Waals surface area contributed by atoms with Crippen molar-refractivity contribution in [3.05, 3.63) is 12.2 Å². The summed E-state index contributed by atoms with van der Waals surface area (Å²) in [5, 5.41) is 0. The molecule has 0 aliphatic rings. The molecule has 0 unspecified atom stereocenters. The molecule has 0 saturated carbocycles. The van der Waals surface area contributed by atoms with E-state index in [-0.39, 0.29) is 5.41 Å². The van der Waals surface area contributed by atoms with Gasteiger partial charge in [0.15, 0.2) is 0 Å². The van der Waals surface area contributed by atoms with Crippen LogP contribution in [0.15, 0.2) is 12.2 Å². The molecule has 0 aliphatic carbocycles. The molecule has 0 heterocycles. The van der Waals surface area contributed by atoms with Gasteiger partial charge in [-0.3, -0.25) is 0 Å². The van der Waals surface area contributed by atoms with Gasteiger partial charge in [0.25, 0.3) is 0 Å². The zero-order chi connectivity index (χ0) is 8.74. The minimum absolute atomic E-state index is 0.282. The molecule has 0 aromatic carbocycles. The molecule has 2 N–H and O–H groups in total. The first kappa shape index (κ1) is 10.7. The van der Waals surface area contributed by atoms with Crippen molar-refractivity contribution in [1.29, 1.82) is 0 Å². The normalized spacial score (nSPS) is 12.7. The van der Waals surface area contributed by atoms with Gasteiger partial charge in [-0.05, 0) is 24.8 Å². The summed E-state index contributed by atoms with van der Waals surface area (Å²) in [5.41, 5.74) is 5.87. The van der Waals surface area contributed by atoms with Crippen LogP contribution < -0.4 is 5.73 Å². The van der Waals surface area contributed by atoms with E-state index in [1.54, 1.807) is 0 Å².